The number of aromatic nitrogens is 3. The van der Waals surface area contributed by atoms with E-state index in [4.69, 9.17) is 16.3 Å². The number of benzene rings is 1. The van der Waals surface area contributed by atoms with Gasteiger partial charge >= 0.3 is 0 Å². The van der Waals surface area contributed by atoms with E-state index in [9.17, 15) is 8.42 Å². The second kappa shape index (κ2) is 7.08. The Morgan fingerprint density at radius 3 is 2.77 bits per heavy atom. The molecule has 1 aromatic carbocycles. The van der Waals surface area contributed by atoms with Crippen LogP contribution < -0.4 is 9.46 Å². The van der Waals surface area contributed by atoms with Gasteiger partial charge in [-0.3, -0.25) is 5.10 Å². The van der Waals surface area contributed by atoms with Crippen LogP contribution in [0.25, 0.3) is 0 Å². The summed E-state index contributed by atoms with van der Waals surface area (Å²) in [6.45, 7) is 0.487. The molecular formula is C17H21ClN4O3S. The van der Waals surface area contributed by atoms with Gasteiger partial charge in [-0.05, 0) is 43.4 Å². The lowest BCUT2D eigenvalue weighted by atomic mass is 9.85. The van der Waals surface area contributed by atoms with E-state index in [-0.39, 0.29) is 16.6 Å². The van der Waals surface area contributed by atoms with E-state index in [2.05, 4.69) is 19.9 Å². The summed E-state index contributed by atoms with van der Waals surface area (Å²) in [6, 6.07) is 4.59. The Balaban J connectivity index is 1.51. The van der Waals surface area contributed by atoms with Crippen molar-refractivity contribution in [1.82, 2.24) is 15.2 Å². The first-order valence-corrected chi connectivity index (χ1v) is 10.7. The van der Waals surface area contributed by atoms with Crippen LogP contribution in [0.5, 0.6) is 5.75 Å². The highest BCUT2D eigenvalue weighted by molar-refractivity contribution is 7.92. The molecule has 2 fully saturated rings. The van der Waals surface area contributed by atoms with Crippen molar-refractivity contribution in [2.24, 2.45) is 5.92 Å². The Morgan fingerprint density at radius 2 is 2.08 bits per heavy atom. The van der Waals surface area contributed by atoms with Gasteiger partial charge in [0.15, 0.2) is 0 Å². The zero-order chi connectivity index (χ0) is 18.1. The Labute approximate surface area is 157 Å². The van der Waals surface area contributed by atoms with Crippen LogP contribution in [0.15, 0.2) is 23.1 Å². The number of nitrogens with zero attached hydrogens (tertiary/aromatic N) is 2. The molecule has 1 heterocycles. The second-order valence-corrected chi connectivity index (χ2v) is 9.04. The molecule has 2 aliphatic rings. The molecule has 0 bridgehead atoms. The maximum Gasteiger partial charge on any atom is 0.268 e. The van der Waals surface area contributed by atoms with Gasteiger partial charge in [0, 0.05) is 10.9 Å². The molecule has 9 heteroatoms. The van der Waals surface area contributed by atoms with Gasteiger partial charge in [0.05, 0.1) is 6.61 Å². The fourth-order valence-corrected chi connectivity index (χ4v) is 4.26. The minimum absolute atomic E-state index is 0.00390. The lowest BCUT2D eigenvalue weighted by Crippen LogP contribution is -2.16. The Hall–Kier alpha value is -1.80. The summed E-state index contributed by atoms with van der Waals surface area (Å²) in [5, 5.41) is 7.12. The number of aromatic amines is 1. The quantitative estimate of drug-likeness (QED) is 0.708. The Morgan fingerprint density at radius 1 is 1.27 bits per heavy atom. The first-order chi connectivity index (χ1) is 12.5. The van der Waals surface area contributed by atoms with E-state index in [1.165, 1.54) is 18.9 Å². The minimum atomic E-state index is -3.91. The zero-order valence-electron chi connectivity index (χ0n) is 14.2. The second-order valence-electron chi connectivity index (χ2n) is 6.95. The molecule has 0 spiro atoms. The van der Waals surface area contributed by atoms with E-state index in [0.29, 0.717) is 23.5 Å². The third kappa shape index (κ3) is 3.96. The average molecular weight is 397 g/mol. The molecule has 140 valence electrons. The van der Waals surface area contributed by atoms with Gasteiger partial charge in [0.1, 0.15) is 16.5 Å². The van der Waals surface area contributed by atoms with Crippen molar-refractivity contribution in [2.75, 3.05) is 11.3 Å². The number of ether oxygens (including phenoxy) is 1. The van der Waals surface area contributed by atoms with E-state index in [0.717, 1.165) is 31.5 Å². The lowest BCUT2D eigenvalue weighted by molar-refractivity contribution is 0.295. The monoisotopic (exact) mass is 396 g/mol. The highest BCUT2D eigenvalue weighted by Gasteiger charge is 2.26. The largest absolute Gasteiger partial charge is 0.492 e. The number of anilines is 1. The molecule has 0 atom stereocenters. The average Bonchev–Trinajstić information content (AvgIpc) is 3.26. The van der Waals surface area contributed by atoms with Crippen molar-refractivity contribution in [3.63, 3.8) is 0 Å². The Kier molecular flexibility index (Phi) is 4.79. The summed E-state index contributed by atoms with van der Waals surface area (Å²) in [6.07, 6.45) is 6.65. The third-order valence-electron chi connectivity index (χ3n) is 4.90. The SMILES string of the molecule is O=S(=O)(Nc1n[nH]c(C2CCC2)n1)c1cc(Cl)ccc1OCCC1CC1. The van der Waals surface area contributed by atoms with Crippen LogP contribution >= 0.6 is 11.6 Å². The topological polar surface area (TPSA) is 97.0 Å². The molecule has 1 aromatic heterocycles. The molecule has 7 nitrogen and oxygen atoms in total. The molecule has 2 aliphatic carbocycles. The van der Waals surface area contributed by atoms with Gasteiger partial charge in [0.25, 0.3) is 16.0 Å². The molecule has 2 N–H and O–H groups in total. The highest BCUT2D eigenvalue weighted by atomic mass is 35.5. The molecule has 0 amide bonds. The van der Waals surface area contributed by atoms with Gasteiger partial charge < -0.3 is 4.74 Å². The van der Waals surface area contributed by atoms with E-state index in [1.807, 2.05) is 0 Å². The summed E-state index contributed by atoms with van der Waals surface area (Å²) >= 11 is 6.01. The van der Waals surface area contributed by atoms with Gasteiger partial charge in [-0.2, -0.15) is 4.98 Å². The number of hydrogen-bond donors (Lipinski definition) is 2. The number of hydrogen-bond acceptors (Lipinski definition) is 5. The predicted molar refractivity (Wildman–Crippen MR) is 98.1 cm³/mol. The Bertz CT molecular complexity index is 891. The maximum absolute atomic E-state index is 12.8. The molecule has 2 aromatic rings. The summed E-state index contributed by atoms with van der Waals surface area (Å²) in [7, 11) is -3.91. The van der Waals surface area contributed by atoms with Crippen LogP contribution in [-0.4, -0.2) is 30.2 Å². The van der Waals surface area contributed by atoms with Gasteiger partial charge in [-0.25, -0.2) is 13.1 Å². The van der Waals surface area contributed by atoms with E-state index >= 15 is 0 Å². The van der Waals surface area contributed by atoms with Crippen molar-refractivity contribution in [1.29, 1.82) is 0 Å². The highest BCUT2D eigenvalue weighted by Crippen LogP contribution is 2.35. The summed E-state index contributed by atoms with van der Waals surface area (Å²) in [4.78, 5) is 4.25. The normalized spacial score (nSPS) is 17.7. The predicted octanol–water partition coefficient (Wildman–Crippen LogP) is 3.71. The first kappa shape index (κ1) is 17.6. The van der Waals surface area contributed by atoms with E-state index < -0.39 is 10.0 Å². The smallest absolute Gasteiger partial charge is 0.268 e. The van der Waals surface area contributed by atoms with Gasteiger partial charge in [-0.1, -0.05) is 30.9 Å². The molecule has 0 radical (unpaired) electrons. The fourth-order valence-electron chi connectivity index (χ4n) is 2.91. The van der Waals surface area contributed by atoms with Crippen molar-refractivity contribution in [2.45, 2.75) is 49.3 Å². The lowest BCUT2D eigenvalue weighted by Gasteiger charge is -2.22. The summed E-state index contributed by atoms with van der Waals surface area (Å²) in [5.74, 6) is 2.10. The third-order valence-corrected chi connectivity index (χ3v) is 6.48. The molecule has 26 heavy (non-hydrogen) atoms. The number of rotatable bonds is 8. The summed E-state index contributed by atoms with van der Waals surface area (Å²) in [5.41, 5.74) is 0. The summed E-state index contributed by atoms with van der Waals surface area (Å²) < 4.78 is 33.7. The fraction of sp³-hybridized carbons (Fsp3) is 0.529. The standard InChI is InChI=1S/C17H21ClN4O3S/c18-13-6-7-14(25-9-8-11-4-5-11)15(10-13)26(23,24)22-17-19-16(20-21-17)12-2-1-3-12/h6-7,10-12H,1-5,8-9H2,(H2,19,20,21,22). The van der Waals surface area contributed by atoms with Crippen molar-refractivity contribution >= 4 is 27.6 Å². The molecular weight excluding hydrogens is 376 g/mol. The van der Waals surface area contributed by atoms with Crippen LogP contribution in [0, 0.1) is 5.92 Å². The van der Waals surface area contributed by atoms with Crippen LogP contribution in [0.4, 0.5) is 5.95 Å². The minimum Gasteiger partial charge on any atom is -0.492 e. The molecule has 0 aliphatic heterocycles. The number of halogens is 1. The van der Waals surface area contributed by atoms with Gasteiger partial charge in [-0.15, -0.1) is 5.10 Å². The van der Waals surface area contributed by atoms with E-state index in [1.54, 1.807) is 12.1 Å². The van der Waals surface area contributed by atoms with Crippen LogP contribution in [0.3, 0.4) is 0 Å². The molecule has 4 rings (SSSR count). The number of sulfonamides is 1. The zero-order valence-corrected chi connectivity index (χ0v) is 15.8. The maximum atomic E-state index is 12.8. The van der Waals surface area contributed by atoms with Gasteiger partial charge in [0.2, 0.25) is 0 Å². The number of H-pyrrole nitrogens is 1. The van der Waals surface area contributed by atoms with Crippen molar-refractivity contribution < 1.29 is 13.2 Å². The van der Waals surface area contributed by atoms with Crippen molar-refractivity contribution in [3.8, 4) is 5.75 Å². The van der Waals surface area contributed by atoms with Crippen LogP contribution in [0.1, 0.15) is 50.3 Å². The van der Waals surface area contributed by atoms with Crippen molar-refractivity contribution in [3.05, 3.63) is 29.0 Å². The number of nitrogens with one attached hydrogen (secondary N) is 2. The molecule has 0 saturated heterocycles. The van der Waals surface area contributed by atoms with Crippen LogP contribution in [-0.2, 0) is 10.0 Å². The molecule has 2 saturated carbocycles. The molecule has 0 unspecified atom stereocenters. The van der Waals surface area contributed by atoms with Crippen LogP contribution in [0.2, 0.25) is 5.02 Å². The first-order valence-electron chi connectivity index (χ1n) is 8.89.